The van der Waals surface area contributed by atoms with Crippen LogP contribution >= 0.6 is 11.6 Å². The molecule has 18 heavy (non-hydrogen) atoms. The number of carbonyl (C=O) groups excluding carboxylic acids is 1. The molecule has 1 saturated heterocycles. The first-order chi connectivity index (χ1) is 8.54. The smallest absolute Gasteiger partial charge is 0.245 e. The summed E-state index contributed by atoms with van der Waals surface area (Å²) in [7, 11) is 0. The lowest BCUT2D eigenvalue weighted by atomic mass is 10.0. The van der Waals surface area contributed by atoms with Crippen LogP contribution in [0.4, 0.5) is 5.69 Å². The number of rotatable bonds is 2. The largest absolute Gasteiger partial charge is 0.394 e. The molecule has 2 rings (SSSR count). The molecule has 1 aromatic rings. The fourth-order valence-corrected chi connectivity index (χ4v) is 2.50. The molecule has 2 unspecified atom stereocenters. The maximum atomic E-state index is 11.8. The van der Waals surface area contributed by atoms with Gasteiger partial charge in [0, 0.05) is 23.3 Å². The summed E-state index contributed by atoms with van der Waals surface area (Å²) in [5, 5.41) is 12.9. The number of aryl methyl sites for hydroxylation is 1. The molecule has 5 heteroatoms. The second-order valence-corrected chi connectivity index (χ2v) is 5.07. The molecule has 4 nitrogen and oxygen atoms in total. The van der Waals surface area contributed by atoms with E-state index in [-0.39, 0.29) is 18.6 Å². The number of hydrogen-bond donors (Lipinski definition) is 2. The first-order valence-electron chi connectivity index (χ1n) is 5.97. The molecule has 0 aliphatic carbocycles. The molecule has 0 spiro atoms. The van der Waals surface area contributed by atoms with Crippen molar-refractivity contribution >= 4 is 23.2 Å². The highest BCUT2D eigenvalue weighted by Gasteiger charge is 2.34. The van der Waals surface area contributed by atoms with Crippen LogP contribution in [-0.2, 0) is 4.79 Å². The predicted octanol–water partition coefficient (Wildman–Crippen LogP) is 1.33. The van der Waals surface area contributed by atoms with E-state index in [0.717, 1.165) is 11.3 Å². The minimum absolute atomic E-state index is 0.122. The Morgan fingerprint density at radius 3 is 2.94 bits per heavy atom. The summed E-state index contributed by atoms with van der Waals surface area (Å²) in [6, 6.07) is 5.16. The topological polar surface area (TPSA) is 52.6 Å². The Kier molecular flexibility index (Phi) is 3.78. The number of halogens is 1. The lowest BCUT2D eigenvalue weighted by Crippen LogP contribution is -2.61. The number of nitrogens with zero attached hydrogens (tertiary/aromatic N) is 1. The first-order valence-corrected chi connectivity index (χ1v) is 6.35. The molecule has 1 amide bonds. The van der Waals surface area contributed by atoms with Gasteiger partial charge in [-0.15, -0.1) is 0 Å². The number of aliphatic hydroxyl groups is 1. The van der Waals surface area contributed by atoms with Crippen LogP contribution in [-0.4, -0.2) is 36.2 Å². The summed E-state index contributed by atoms with van der Waals surface area (Å²) in [5.74, 6) is -0.144. The lowest BCUT2D eigenvalue weighted by molar-refractivity contribution is -0.124. The number of piperazine rings is 1. The summed E-state index contributed by atoms with van der Waals surface area (Å²) in [6.07, 6.45) is 0. The molecule has 1 fully saturated rings. The van der Waals surface area contributed by atoms with Crippen molar-refractivity contribution in [2.45, 2.75) is 25.9 Å². The van der Waals surface area contributed by atoms with Gasteiger partial charge >= 0.3 is 0 Å². The van der Waals surface area contributed by atoms with Gasteiger partial charge in [0.15, 0.2) is 0 Å². The number of anilines is 1. The summed E-state index contributed by atoms with van der Waals surface area (Å²) in [5.41, 5.74) is 1.95. The molecule has 98 valence electrons. The van der Waals surface area contributed by atoms with E-state index < -0.39 is 6.04 Å². The highest BCUT2D eigenvalue weighted by Crippen LogP contribution is 2.29. The van der Waals surface area contributed by atoms with Gasteiger partial charge in [0.25, 0.3) is 0 Å². The van der Waals surface area contributed by atoms with Crippen LogP contribution in [0.5, 0.6) is 0 Å². The highest BCUT2D eigenvalue weighted by atomic mass is 35.5. The molecule has 1 heterocycles. The van der Waals surface area contributed by atoms with Gasteiger partial charge in [-0.3, -0.25) is 4.79 Å². The number of nitrogens with one attached hydrogen (secondary N) is 1. The Morgan fingerprint density at radius 2 is 2.28 bits per heavy atom. The van der Waals surface area contributed by atoms with Crippen LogP contribution in [0.25, 0.3) is 0 Å². The SMILES string of the molecule is Cc1ccc(Cl)cc1N1C(C)CNC(=O)C1CO. The minimum atomic E-state index is -0.550. The summed E-state index contributed by atoms with van der Waals surface area (Å²) >= 11 is 6.02. The third kappa shape index (κ3) is 2.31. The highest BCUT2D eigenvalue weighted by molar-refractivity contribution is 6.30. The van der Waals surface area contributed by atoms with Crippen molar-refractivity contribution in [1.82, 2.24) is 5.32 Å². The second kappa shape index (κ2) is 5.16. The van der Waals surface area contributed by atoms with Crippen LogP contribution in [0.1, 0.15) is 12.5 Å². The number of carbonyl (C=O) groups is 1. The average Bonchev–Trinajstić information content (AvgIpc) is 2.35. The quantitative estimate of drug-likeness (QED) is 0.851. The molecular formula is C13H17ClN2O2. The zero-order valence-electron chi connectivity index (χ0n) is 10.5. The Bertz CT molecular complexity index is 464. The standard InChI is InChI=1S/C13H17ClN2O2/c1-8-3-4-10(14)5-11(8)16-9(2)6-15-13(18)12(16)7-17/h3-5,9,12,17H,6-7H2,1-2H3,(H,15,18). The third-order valence-electron chi connectivity index (χ3n) is 3.31. The first kappa shape index (κ1) is 13.2. The van der Waals surface area contributed by atoms with E-state index in [9.17, 15) is 9.90 Å². The molecular weight excluding hydrogens is 252 g/mol. The van der Waals surface area contributed by atoms with Gasteiger partial charge in [0.1, 0.15) is 6.04 Å². The molecule has 2 N–H and O–H groups in total. The summed E-state index contributed by atoms with van der Waals surface area (Å²) < 4.78 is 0. The molecule has 1 aliphatic rings. The van der Waals surface area contributed by atoms with Crippen molar-refractivity contribution in [2.24, 2.45) is 0 Å². The number of benzene rings is 1. The minimum Gasteiger partial charge on any atom is -0.394 e. The van der Waals surface area contributed by atoms with Crippen molar-refractivity contribution in [3.8, 4) is 0 Å². The molecule has 0 aromatic heterocycles. The Morgan fingerprint density at radius 1 is 1.56 bits per heavy atom. The summed E-state index contributed by atoms with van der Waals surface area (Å²) in [4.78, 5) is 13.7. The van der Waals surface area contributed by atoms with Gasteiger partial charge in [0.05, 0.1) is 6.61 Å². The summed E-state index contributed by atoms with van der Waals surface area (Å²) in [6.45, 7) is 4.35. The maximum Gasteiger partial charge on any atom is 0.245 e. The number of aliphatic hydroxyl groups excluding tert-OH is 1. The van der Waals surface area contributed by atoms with E-state index in [1.54, 1.807) is 0 Å². The fourth-order valence-electron chi connectivity index (χ4n) is 2.33. The number of amides is 1. The van der Waals surface area contributed by atoms with Crippen LogP contribution in [0, 0.1) is 6.92 Å². The van der Waals surface area contributed by atoms with Gasteiger partial charge in [-0.1, -0.05) is 17.7 Å². The van der Waals surface area contributed by atoms with Gasteiger partial charge in [-0.2, -0.15) is 0 Å². The van der Waals surface area contributed by atoms with E-state index in [4.69, 9.17) is 11.6 Å². The third-order valence-corrected chi connectivity index (χ3v) is 3.54. The predicted molar refractivity (Wildman–Crippen MR) is 72.0 cm³/mol. The lowest BCUT2D eigenvalue weighted by Gasteiger charge is -2.41. The molecule has 1 aromatic carbocycles. The van der Waals surface area contributed by atoms with Crippen molar-refractivity contribution in [1.29, 1.82) is 0 Å². The van der Waals surface area contributed by atoms with Crippen LogP contribution in [0.3, 0.4) is 0 Å². The van der Waals surface area contributed by atoms with Crippen LogP contribution in [0.2, 0.25) is 5.02 Å². The number of hydrogen-bond acceptors (Lipinski definition) is 3. The van der Waals surface area contributed by atoms with E-state index in [2.05, 4.69) is 5.32 Å². The van der Waals surface area contributed by atoms with E-state index in [1.165, 1.54) is 0 Å². The normalized spacial score (nSPS) is 24.0. The van der Waals surface area contributed by atoms with Crippen molar-refractivity contribution in [2.75, 3.05) is 18.1 Å². The van der Waals surface area contributed by atoms with Crippen molar-refractivity contribution in [3.05, 3.63) is 28.8 Å². The van der Waals surface area contributed by atoms with Crippen molar-refractivity contribution in [3.63, 3.8) is 0 Å². The van der Waals surface area contributed by atoms with Crippen molar-refractivity contribution < 1.29 is 9.90 Å². The van der Waals surface area contributed by atoms with Gasteiger partial charge in [-0.25, -0.2) is 0 Å². The monoisotopic (exact) mass is 268 g/mol. The molecule has 0 radical (unpaired) electrons. The van der Waals surface area contributed by atoms with Crippen LogP contribution < -0.4 is 10.2 Å². The van der Waals surface area contributed by atoms with Gasteiger partial charge < -0.3 is 15.3 Å². The second-order valence-electron chi connectivity index (χ2n) is 4.63. The molecule has 2 atom stereocenters. The Labute approximate surface area is 112 Å². The maximum absolute atomic E-state index is 11.8. The van der Waals surface area contributed by atoms with Gasteiger partial charge in [0.2, 0.25) is 5.91 Å². The Hall–Kier alpha value is -1.26. The zero-order chi connectivity index (χ0) is 13.3. The Balaban J connectivity index is 2.44. The molecule has 1 aliphatic heterocycles. The average molecular weight is 269 g/mol. The zero-order valence-corrected chi connectivity index (χ0v) is 11.2. The fraction of sp³-hybridized carbons (Fsp3) is 0.462. The van der Waals surface area contributed by atoms with E-state index >= 15 is 0 Å². The van der Waals surface area contributed by atoms with Crippen LogP contribution in [0.15, 0.2) is 18.2 Å². The van der Waals surface area contributed by atoms with E-state index in [1.807, 2.05) is 36.9 Å². The molecule has 0 saturated carbocycles. The van der Waals surface area contributed by atoms with Gasteiger partial charge in [-0.05, 0) is 31.5 Å². The van der Waals surface area contributed by atoms with E-state index in [0.29, 0.717) is 11.6 Å². The molecule has 0 bridgehead atoms.